The van der Waals surface area contributed by atoms with E-state index in [4.69, 9.17) is 0 Å². The van der Waals surface area contributed by atoms with Crippen molar-refractivity contribution in [2.24, 2.45) is 5.92 Å². The van der Waals surface area contributed by atoms with E-state index in [1.54, 1.807) is 0 Å². The molecule has 1 aliphatic carbocycles. The van der Waals surface area contributed by atoms with Gasteiger partial charge in [0.05, 0.1) is 0 Å². The molecule has 1 aliphatic rings. The van der Waals surface area contributed by atoms with Gasteiger partial charge in [-0.3, -0.25) is 4.79 Å². The van der Waals surface area contributed by atoms with Gasteiger partial charge < -0.3 is 15.7 Å². The van der Waals surface area contributed by atoms with E-state index < -0.39 is 0 Å². The topological polar surface area (TPSA) is 61.4 Å². The maximum Gasteiger partial charge on any atom is 0.221 e. The van der Waals surface area contributed by atoms with Crippen LogP contribution in [-0.4, -0.2) is 36.8 Å². The van der Waals surface area contributed by atoms with Crippen LogP contribution in [0.15, 0.2) is 0 Å². The maximum atomic E-state index is 11.2. The van der Waals surface area contributed by atoms with Crippen molar-refractivity contribution in [2.75, 3.05) is 19.7 Å². The van der Waals surface area contributed by atoms with Crippen LogP contribution in [0.1, 0.15) is 39.0 Å². The van der Waals surface area contributed by atoms with E-state index in [0.717, 1.165) is 12.8 Å². The largest absolute Gasteiger partial charge is 0.396 e. The molecule has 0 radical (unpaired) electrons. The van der Waals surface area contributed by atoms with Gasteiger partial charge in [-0.25, -0.2) is 0 Å². The Morgan fingerprint density at radius 2 is 2.12 bits per heavy atom. The molecule has 3 N–H and O–H groups in total. The molecule has 0 aromatic rings. The summed E-state index contributed by atoms with van der Waals surface area (Å²) < 4.78 is 0. The van der Waals surface area contributed by atoms with Gasteiger partial charge in [0.15, 0.2) is 0 Å². The minimum absolute atomic E-state index is 0.103. The Morgan fingerprint density at radius 1 is 1.38 bits per heavy atom. The van der Waals surface area contributed by atoms with Crippen molar-refractivity contribution in [1.29, 1.82) is 0 Å². The molecule has 1 fully saturated rings. The minimum atomic E-state index is 0.103. The Bertz CT molecular complexity index is 209. The fraction of sp³-hybridized carbons (Fsp3) is 0.917. The van der Waals surface area contributed by atoms with Crippen molar-refractivity contribution in [2.45, 2.75) is 45.1 Å². The van der Waals surface area contributed by atoms with Gasteiger partial charge in [0.2, 0.25) is 5.91 Å². The number of aliphatic hydroxyl groups excluding tert-OH is 1. The van der Waals surface area contributed by atoms with Gasteiger partial charge in [0.1, 0.15) is 0 Å². The molecular formula is C12H24N2O2. The first-order chi connectivity index (χ1) is 7.77. The molecule has 0 aliphatic heterocycles. The number of carbonyl (C=O) groups excluding carboxylic acids is 1. The van der Waals surface area contributed by atoms with E-state index in [9.17, 15) is 9.90 Å². The lowest BCUT2D eigenvalue weighted by molar-refractivity contribution is -0.120. The average Bonchev–Trinajstić information content (AvgIpc) is 2.30. The van der Waals surface area contributed by atoms with Crippen LogP contribution in [0, 0.1) is 5.92 Å². The van der Waals surface area contributed by atoms with Crippen LogP contribution in [0.5, 0.6) is 0 Å². The molecule has 2 unspecified atom stereocenters. The summed E-state index contributed by atoms with van der Waals surface area (Å²) in [4.78, 5) is 11.2. The van der Waals surface area contributed by atoms with E-state index in [0.29, 0.717) is 31.5 Å². The molecule has 0 heterocycles. The van der Waals surface area contributed by atoms with Gasteiger partial charge in [-0.15, -0.1) is 0 Å². The molecule has 0 aromatic carbocycles. The third kappa shape index (κ3) is 4.49. The summed E-state index contributed by atoms with van der Waals surface area (Å²) in [7, 11) is 0. The van der Waals surface area contributed by atoms with Crippen LogP contribution in [0.3, 0.4) is 0 Å². The minimum Gasteiger partial charge on any atom is -0.396 e. The standard InChI is InChI=1S/C12H24N2O2/c1-2-13-12(16)7-8-14-11-6-4-3-5-10(11)9-15/h10-11,14-15H,2-9H2,1H3,(H,13,16). The van der Waals surface area contributed by atoms with Gasteiger partial charge in [0, 0.05) is 32.2 Å². The summed E-state index contributed by atoms with van der Waals surface area (Å²) in [6.45, 7) is 3.60. The van der Waals surface area contributed by atoms with Crippen LogP contribution in [-0.2, 0) is 4.79 Å². The monoisotopic (exact) mass is 228 g/mol. The number of nitrogens with one attached hydrogen (secondary N) is 2. The summed E-state index contributed by atoms with van der Waals surface area (Å²) in [5.41, 5.74) is 0. The number of amides is 1. The Balaban J connectivity index is 2.17. The first kappa shape index (κ1) is 13.5. The van der Waals surface area contributed by atoms with Gasteiger partial charge in [-0.1, -0.05) is 12.8 Å². The molecule has 0 bridgehead atoms. The fourth-order valence-electron chi connectivity index (χ4n) is 2.35. The molecular weight excluding hydrogens is 204 g/mol. The second kappa shape index (κ2) is 7.63. The van der Waals surface area contributed by atoms with Crippen molar-refractivity contribution in [3.63, 3.8) is 0 Å². The molecule has 0 spiro atoms. The maximum absolute atomic E-state index is 11.2. The molecule has 1 rings (SSSR count). The molecule has 16 heavy (non-hydrogen) atoms. The second-order valence-electron chi connectivity index (χ2n) is 4.49. The summed E-state index contributed by atoms with van der Waals surface area (Å²) in [6.07, 6.45) is 5.22. The van der Waals surface area contributed by atoms with Crippen LogP contribution in [0.2, 0.25) is 0 Å². The van der Waals surface area contributed by atoms with Crippen molar-refractivity contribution >= 4 is 5.91 Å². The zero-order chi connectivity index (χ0) is 11.8. The van der Waals surface area contributed by atoms with Crippen LogP contribution in [0.4, 0.5) is 0 Å². The Labute approximate surface area is 97.8 Å². The zero-order valence-corrected chi connectivity index (χ0v) is 10.2. The van der Waals surface area contributed by atoms with Gasteiger partial charge >= 0.3 is 0 Å². The summed E-state index contributed by atoms with van der Waals surface area (Å²) in [6, 6.07) is 0.396. The third-order valence-electron chi connectivity index (χ3n) is 3.28. The quantitative estimate of drug-likeness (QED) is 0.625. The van der Waals surface area contributed by atoms with Crippen molar-refractivity contribution in [1.82, 2.24) is 10.6 Å². The van der Waals surface area contributed by atoms with E-state index in [2.05, 4.69) is 10.6 Å². The lowest BCUT2D eigenvalue weighted by atomic mass is 9.85. The molecule has 4 nitrogen and oxygen atoms in total. The van der Waals surface area contributed by atoms with E-state index in [1.165, 1.54) is 12.8 Å². The molecule has 1 amide bonds. The fourth-order valence-corrected chi connectivity index (χ4v) is 2.35. The smallest absolute Gasteiger partial charge is 0.221 e. The highest BCUT2D eigenvalue weighted by Gasteiger charge is 2.23. The molecule has 4 heteroatoms. The summed E-state index contributed by atoms with van der Waals surface area (Å²) in [5, 5.41) is 15.4. The lowest BCUT2D eigenvalue weighted by Gasteiger charge is -2.31. The normalized spacial score (nSPS) is 25.4. The molecule has 0 aromatic heterocycles. The van der Waals surface area contributed by atoms with Gasteiger partial charge in [0.25, 0.3) is 0 Å². The number of hydrogen-bond donors (Lipinski definition) is 3. The number of rotatable bonds is 6. The summed E-state index contributed by atoms with van der Waals surface area (Å²) >= 11 is 0. The second-order valence-corrected chi connectivity index (χ2v) is 4.49. The highest BCUT2D eigenvalue weighted by atomic mass is 16.3. The first-order valence-corrected chi connectivity index (χ1v) is 6.38. The number of carbonyl (C=O) groups is 1. The van der Waals surface area contributed by atoms with Gasteiger partial charge in [-0.2, -0.15) is 0 Å². The van der Waals surface area contributed by atoms with Crippen LogP contribution in [0.25, 0.3) is 0 Å². The van der Waals surface area contributed by atoms with Crippen molar-refractivity contribution in [3.8, 4) is 0 Å². The Hall–Kier alpha value is -0.610. The lowest BCUT2D eigenvalue weighted by Crippen LogP contribution is -2.41. The SMILES string of the molecule is CCNC(=O)CCNC1CCCCC1CO. The Morgan fingerprint density at radius 3 is 2.81 bits per heavy atom. The molecule has 94 valence electrons. The predicted molar refractivity (Wildman–Crippen MR) is 64.1 cm³/mol. The highest BCUT2D eigenvalue weighted by molar-refractivity contribution is 5.75. The third-order valence-corrected chi connectivity index (χ3v) is 3.28. The van der Waals surface area contributed by atoms with Crippen LogP contribution < -0.4 is 10.6 Å². The van der Waals surface area contributed by atoms with Crippen LogP contribution >= 0.6 is 0 Å². The number of hydrogen-bond acceptors (Lipinski definition) is 3. The first-order valence-electron chi connectivity index (χ1n) is 6.38. The Kier molecular flexibility index (Phi) is 6.42. The van der Waals surface area contributed by atoms with Crippen molar-refractivity contribution in [3.05, 3.63) is 0 Å². The van der Waals surface area contributed by atoms with E-state index in [1.807, 2.05) is 6.92 Å². The van der Waals surface area contributed by atoms with E-state index in [-0.39, 0.29) is 12.5 Å². The van der Waals surface area contributed by atoms with E-state index >= 15 is 0 Å². The average molecular weight is 228 g/mol. The zero-order valence-electron chi connectivity index (χ0n) is 10.2. The highest BCUT2D eigenvalue weighted by Crippen LogP contribution is 2.23. The number of aliphatic hydroxyl groups is 1. The summed E-state index contributed by atoms with van der Waals surface area (Å²) in [5.74, 6) is 0.481. The predicted octanol–water partition coefficient (Wildman–Crippen LogP) is 0.653. The van der Waals surface area contributed by atoms with Crippen molar-refractivity contribution < 1.29 is 9.90 Å². The molecule has 1 saturated carbocycles. The molecule has 0 saturated heterocycles. The molecule has 2 atom stereocenters. The van der Waals surface area contributed by atoms with Gasteiger partial charge in [-0.05, 0) is 25.7 Å².